The van der Waals surface area contributed by atoms with Crippen LogP contribution < -0.4 is 10.5 Å². The molecule has 6 heteroatoms. The maximum Gasteiger partial charge on any atom is 0.241 e. The van der Waals surface area contributed by atoms with E-state index >= 15 is 0 Å². The molecule has 0 aliphatic heterocycles. The van der Waals surface area contributed by atoms with Crippen molar-refractivity contribution < 1.29 is 8.42 Å². The van der Waals surface area contributed by atoms with E-state index in [2.05, 4.69) is 9.71 Å². The molecule has 1 aromatic carbocycles. The van der Waals surface area contributed by atoms with Gasteiger partial charge in [0.1, 0.15) is 0 Å². The topological polar surface area (TPSA) is 85.1 Å². The van der Waals surface area contributed by atoms with Gasteiger partial charge in [0, 0.05) is 11.9 Å². The molecule has 0 spiro atoms. The highest BCUT2D eigenvalue weighted by atomic mass is 32.2. The molecule has 5 nitrogen and oxygen atoms in total. The molecule has 112 valence electrons. The molecule has 0 fully saturated rings. The molecule has 1 unspecified atom stereocenters. The summed E-state index contributed by atoms with van der Waals surface area (Å²) < 4.78 is 27.4. The fraction of sp³-hybridized carbons (Fsp3) is 0.267. The van der Waals surface area contributed by atoms with Crippen LogP contribution in [0.5, 0.6) is 0 Å². The lowest BCUT2D eigenvalue weighted by molar-refractivity contribution is 0.564. The molecule has 2 rings (SSSR count). The highest BCUT2D eigenvalue weighted by Crippen LogP contribution is 2.20. The van der Waals surface area contributed by atoms with Gasteiger partial charge in [-0.05, 0) is 43.2 Å². The minimum Gasteiger partial charge on any atom is -0.398 e. The van der Waals surface area contributed by atoms with E-state index in [9.17, 15) is 8.42 Å². The van der Waals surface area contributed by atoms with Crippen LogP contribution >= 0.6 is 0 Å². The summed E-state index contributed by atoms with van der Waals surface area (Å²) in [5.74, 6) is 0. The Hall–Kier alpha value is -1.92. The Morgan fingerprint density at radius 2 is 2.05 bits per heavy atom. The SMILES string of the molecule is CCc1ccc(S(=O)(=O)NC(C)c2ccccn2)cc1N. The van der Waals surface area contributed by atoms with Crippen LogP contribution in [0.15, 0.2) is 47.5 Å². The number of hydrogen-bond donors (Lipinski definition) is 2. The molecule has 21 heavy (non-hydrogen) atoms. The number of aryl methyl sites for hydroxylation is 1. The Morgan fingerprint density at radius 1 is 1.29 bits per heavy atom. The number of hydrogen-bond acceptors (Lipinski definition) is 4. The zero-order valence-corrected chi connectivity index (χ0v) is 12.9. The van der Waals surface area contributed by atoms with Crippen LogP contribution in [0.2, 0.25) is 0 Å². The Morgan fingerprint density at radius 3 is 2.62 bits per heavy atom. The summed E-state index contributed by atoms with van der Waals surface area (Å²) in [4.78, 5) is 4.32. The van der Waals surface area contributed by atoms with Gasteiger partial charge in [-0.15, -0.1) is 0 Å². The van der Waals surface area contributed by atoms with Gasteiger partial charge in [0.25, 0.3) is 0 Å². The van der Waals surface area contributed by atoms with Gasteiger partial charge in [0.2, 0.25) is 10.0 Å². The summed E-state index contributed by atoms with van der Waals surface area (Å²) in [7, 11) is -3.63. The Kier molecular flexibility index (Phi) is 4.59. The van der Waals surface area contributed by atoms with Crippen LogP contribution in [-0.2, 0) is 16.4 Å². The summed E-state index contributed by atoms with van der Waals surface area (Å²) in [5.41, 5.74) is 7.96. The van der Waals surface area contributed by atoms with Crippen LogP contribution in [-0.4, -0.2) is 13.4 Å². The maximum atomic E-state index is 12.4. The maximum absolute atomic E-state index is 12.4. The molecule has 0 amide bonds. The number of rotatable bonds is 5. The normalized spacial score (nSPS) is 13.0. The lowest BCUT2D eigenvalue weighted by Crippen LogP contribution is -2.27. The molecule has 0 saturated carbocycles. The average molecular weight is 305 g/mol. The molecule has 0 aliphatic carbocycles. The first-order valence-corrected chi connectivity index (χ1v) is 8.24. The van der Waals surface area contributed by atoms with Crippen molar-refractivity contribution in [3.8, 4) is 0 Å². The first-order chi connectivity index (χ1) is 9.94. The molecule has 1 heterocycles. The fourth-order valence-electron chi connectivity index (χ4n) is 2.06. The first-order valence-electron chi connectivity index (χ1n) is 6.75. The van der Waals surface area contributed by atoms with Crippen molar-refractivity contribution in [2.45, 2.75) is 31.2 Å². The quantitative estimate of drug-likeness (QED) is 0.830. The van der Waals surface area contributed by atoms with Gasteiger partial charge in [0.05, 0.1) is 16.6 Å². The van der Waals surface area contributed by atoms with Crippen molar-refractivity contribution in [2.24, 2.45) is 0 Å². The Balaban J connectivity index is 2.24. The molecule has 0 aliphatic rings. The number of anilines is 1. The van der Waals surface area contributed by atoms with E-state index < -0.39 is 16.1 Å². The lowest BCUT2D eigenvalue weighted by atomic mass is 10.1. The van der Waals surface area contributed by atoms with Crippen molar-refractivity contribution >= 4 is 15.7 Å². The summed E-state index contributed by atoms with van der Waals surface area (Å²) in [6.45, 7) is 3.73. The molecule has 0 saturated heterocycles. The van der Waals surface area contributed by atoms with Crippen LogP contribution in [0.4, 0.5) is 5.69 Å². The van der Waals surface area contributed by atoms with Crippen LogP contribution in [0.1, 0.15) is 31.1 Å². The molecule has 0 bridgehead atoms. The van der Waals surface area contributed by atoms with E-state index in [4.69, 9.17) is 5.73 Å². The smallest absolute Gasteiger partial charge is 0.241 e. The molecular weight excluding hydrogens is 286 g/mol. The van der Waals surface area contributed by atoms with Gasteiger partial charge in [-0.3, -0.25) is 4.98 Å². The number of nitrogen functional groups attached to an aromatic ring is 1. The Labute approximate surface area is 125 Å². The third-order valence-corrected chi connectivity index (χ3v) is 4.81. The molecule has 0 radical (unpaired) electrons. The van der Waals surface area contributed by atoms with Crippen LogP contribution in [0.25, 0.3) is 0 Å². The summed E-state index contributed by atoms with van der Waals surface area (Å²) in [5, 5.41) is 0. The highest BCUT2D eigenvalue weighted by Gasteiger charge is 2.19. The number of nitrogens with zero attached hydrogens (tertiary/aromatic N) is 1. The van der Waals surface area contributed by atoms with E-state index in [1.807, 2.05) is 13.0 Å². The predicted octanol–water partition coefficient (Wildman–Crippen LogP) is 2.27. The van der Waals surface area contributed by atoms with E-state index in [1.54, 1.807) is 37.4 Å². The van der Waals surface area contributed by atoms with Crippen molar-refractivity contribution in [1.29, 1.82) is 0 Å². The second-order valence-corrected chi connectivity index (χ2v) is 6.53. The van der Waals surface area contributed by atoms with E-state index in [0.29, 0.717) is 11.4 Å². The average Bonchev–Trinajstić information content (AvgIpc) is 2.47. The van der Waals surface area contributed by atoms with Gasteiger partial charge in [-0.2, -0.15) is 0 Å². The van der Waals surface area contributed by atoms with Gasteiger partial charge in [0.15, 0.2) is 0 Å². The molecular formula is C15H19N3O2S. The number of nitrogens with one attached hydrogen (secondary N) is 1. The van der Waals surface area contributed by atoms with Crippen LogP contribution in [0, 0.1) is 0 Å². The molecule has 3 N–H and O–H groups in total. The third kappa shape index (κ3) is 3.59. The number of benzene rings is 1. The summed E-state index contributed by atoms with van der Waals surface area (Å²) in [6.07, 6.45) is 2.40. The van der Waals surface area contributed by atoms with Gasteiger partial charge >= 0.3 is 0 Å². The predicted molar refractivity (Wildman–Crippen MR) is 83.2 cm³/mol. The van der Waals surface area contributed by atoms with Crippen molar-refractivity contribution in [2.75, 3.05) is 5.73 Å². The second kappa shape index (κ2) is 6.24. The Bertz CT molecular complexity index is 715. The number of nitrogens with two attached hydrogens (primary N) is 1. The van der Waals surface area contributed by atoms with Gasteiger partial charge < -0.3 is 5.73 Å². The first kappa shape index (κ1) is 15.5. The van der Waals surface area contributed by atoms with E-state index in [0.717, 1.165) is 12.0 Å². The number of pyridine rings is 1. The summed E-state index contributed by atoms with van der Waals surface area (Å²) in [6, 6.07) is 9.78. The molecule has 1 atom stereocenters. The fourth-order valence-corrected chi connectivity index (χ4v) is 3.31. The van der Waals surface area contributed by atoms with E-state index in [-0.39, 0.29) is 4.90 Å². The summed E-state index contributed by atoms with van der Waals surface area (Å²) >= 11 is 0. The monoisotopic (exact) mass is 305 g/mol. The molecule has 1 aromatic heterocycles. The second-order valence-electron chi connectivity index (χ2n) is 4.81. The van der Waals surface area contributed by atoms with E-state index in [1.165, 1.54) is 6.07 Å². The van der Waals surface area contributed by atoms with Crippen molar-refractivity contribution in [3.63, 3.8) is 0 Å². The standard InChI is InChI=1S/C15H19N3O2S/c1-3-12-7-8-13(10-14(12)16)21(19,20)18-11(2)15-6-4-5-9-17-15/h4-11,18H,3,16H2,1-2H3. The van der Waals surface area contributed by atoms with Crippen molar-refractivity contribution in [1.82, 2.24) is 9.71 Å². The molecule has 2 aromatic rings. The largest absolute Gasteiger partial charge is 0.398 e. The lowest BCUT2D eigenvalue weighted by Gasteiger charge is -2.14. The number of sulfonamides is 1. The highest BCUT2D eigenvalue weighted by molar-refractivity contribution is 7.89. The zero-order chi connectivity index (χ0) is 15.5. The third-order valence-electron chi connectivity index (χ3n) is 3.27. The zero-order valence-electron chi connectivity index (χ0n) is 12.1. The van der Waals surface area contributed by atoms with Gasteiger partial charge in [-0.25, -0.2) is 13.1 Å². The van der Waals surface area contributed by atoms with Crippen molar-refractivity contribution in [3.05, 3.63) is 53.9 Å². The van der Waals surface area contributed by atoms with Gasteiger partial charge in [-0.1, -0.05) is 19.1 Å². The minimum atomic E-state index is -3.63. The number of aromatic nitrogens is 1. The van der Waals surface area contributed by atoms with Crippen LogP contribution in [0.3, 0.4) is 0 Å². The minimum absolute atomic E-state index is 0.167.